The van der Waals surface area contributed by atoms with E-state index in [2.05, 4.69) is 22.2 Å². The molecule has 0 aliphatic carbocycles. The molecule has 0 aliphatic heterocycles. The van der Waals surface area contributed by atoms with Gasteiger partial charge in [-0.25, -0.2) is 9.97 Å². The van der Waals surface area contributed by atoms with Crippen LogP contribution >= 0.6 is 11.6 Å². The maximum Gasteiger partial charge on any atom is 0.321 e. The van der Waals surface area contributed by atoms with E-state index >= 15 is 0 Å². The first-order valence-electron chi connectivity index (χ1n) is 5.73. The number of halogens is 1. The summed E-state index contributed by atoms with van der Waals surface area (Å²) in [7, 11) is 0. The van der Waals surface area contributed by atoms with Gasteiger partial charge in [-0.3, -0.25) is 0 Å². The summed E-state index contributed by atoms with van der Waals surface area (Å²) in [5.74, 6) is 0.666. The average molecular weight is 264 g/mol. The highest BCUT2D eigenvalue weighted by Crippen LogP contribution is 2.19. The molecule has 1 N–H and O–H groups in total. The first-order valence-corrected chi connectivity index (χ1v) is 6.11. The molecule has 0 amide bonds. The van der Waals surface area contributed by atoms with Crippen molar-refractivity contribution in [2.75, 3.05) is 6.54 Å². The van der Waals surface area contributed by atoms with Crippen molar-refractivity contribution in [3.8, 4) is 11.8 Å². The summed E-state index contributed by atoms with van der Waals surface area (Å²) in [4.78, 5) is 8.29. The average Bonchev–Trinajstić information content (AvgIpc) is 2.41. The molecule has 18 heavy (non-hydrogen) atoms. The number of nitrogens with zero attached hydrogens (tertiary/aromatic N) is 2. The van der Waals surface area contributed by atoms with Crippen LogP contribution in [0.3, 0.4) is 0 Å². The standard InChI is InChI=1S/C13H14ClN3O/c1-2-15-7-10-8-16-13(17-9-10)18-12-5-3-11(14)4-6-12/h3-6,8-9,15H,2,7H2,1H3. The van der Waals surface area contributed by atoms with Gasteiger partial charge in [0, 0.05) is 29.5 Å². The molecule has 1 aromatic heterocycles. The van der Waals surface area contributed by atoms with Crippen molar-refractivity contribution in [2.24, 2.45) is 0 Å². The van der Waals surface area contributed by atoms with Crippen LogP contribution < -0.4 is 10.1 Å². The minimum Gasteiger partial charge on any atom is -0.424 e. The monoisotopic (exact) mass is 263 g/mol. The largest absolute Gasteiger partial charge is 0.424 e. The maximum absolute atomic E-state index is 5.79. The second kappa shape index (κ2) is 6.33. The molecule has 4 nitrogen and oxygen atoms in total. The lowest BCUT2D eigenvalue weighted by Crippen LogP contribution is -2.12. The Balaban J connectivity index is 1.99. The normalized spacial score (nSPS) is 10.3. The zero-order valence-electron chi connectivity index (χ0n) is 10.1. The summed E-state index contributed by atoms with van der Waals surface area (Å²) >= 11 is 5.79. The SMILES string of the molecule is CCNCc1cnc(Oc2ccc(Cl)cc2)nc1. The van der Waals surface area contributed by atoms with Crippen molar-refractivity contribution in [3.05, 3.63) is 47.2 Å². The van der Waals surface area contributed by atoms with Crippen LogP contribution in [0.1, 0.15) is 12.5 Å². The van der Waals surface area contributed by atoms with Gasteiger partial charge < -0.3 is 10.1 Å². The highest BCUT2D eigenvalue weighted by Gasteiger charge is 2.00. The van der Waals surface area contributed by atoms with E-state index in [-0.39, 0.29) is 0 Å². The van der Waals surface area contributed by atoms with Crippen LogP contribution in [-0.2, 0) is 6.54 Å². The lowest BCUT2D eigenvalue weighted by molar-refractivity contribution is 0.440. The van der Waals surface area contributed by atoms with E-state index in [4.69, 9.17) is 16.3 Å². The summed E-state index contributed by atoms with van der Waals surface area (Å²) in [6, 6.07) is 7.40. The van der Waals surface area contributed by atoms with Crippen LogP contribution in [-0.4, -0.2) is 16.5 Å². The molecule has 2 rings (SSSR count). The third-order valence-electron chi connectivity index (χ3n) is 2.28. The van der Waals surface area contributed by atoms with E-state index in [9.17, 15) is 0 Å². The molecule has 0 fully saturated rings. The highest BCUT2D eigenvalue weighted by molar-refractivity contribution is 6.30. The first kappa shape index (κ1) is 12.8. The van der Waals surface area contributed by atoms with Gasteiger partial charge in [0.15, 0.2) is 0 Å². The van der Waals surface area contributed by atoms with Gasteiger partial charge in [-0.05, 0) is 30.8 Å². The molecule has 0 bridgehead atoms. The molecule has 94 valence electrons. The fraction of sp³-hybridized carbons (Fsp3) is 0.231. The van der Waals surface area contributed by atoms with Crippen molar-refractivity contribution < 1.29 is 4.74 Å². The molecular weight excluding hydrogens is 250 g/mol. The van der Waals surface area contributed by atoms with Crippen LogP contribution in [0, 0.1) is 0 Å². The van der Waals surface area contributed by atoms with Gasteiger partial charge in [0.2, 0.25) is 0 Å². The Labute approximate surface area is 111 Å². The summed E-state index contributed by atoms with van der Waals surface area (Å²) in [5, 5.41) is 3.88. The number of rotatable bonds is 5. The molecule has 0 unspecified atom stereocenters. The van der Waals surface area contributed by atoms with Crippen molar-refractivity contribution in [2.45, 2.75) is 13.5 Å². The van der Waals surface area contributed by atoms with Crippen LogP contribution in [0.4, 0.5) is 0 Å². The zero-order chi connectivity index (χ0) is 12.8. The van der Waals surface area contributed by atoms with Crippen LogP contribution in [0.2, 0.25) is 5.02 Å². The van der Waals surface area contributed by atoms with E-state index in [0.717, 1.165) is 18.7 Å². The fourth-order valence-electron chi connectivity index (χ4n) is 1.36. The first-order chi connectivity index (χ1) is 8.78. The number of hydrogen-bond acceptors (Lipinski definition) is 4. The predicted octanol–water partition coefficient (Wildman–Crippen LogP) is 3.03. The number of aromatic nitrogens is 2. The Morgan fingerprint density at radius 1 is 1.17 bits per heavy atom. The smallest absolute Gasteiger partial charge is 0.321 e. The van der Waals surface area contributed by atoms with E-state index in [1.54, 1.807) is 36.7 Å². The zero-order valence-corrected chi connectivity index (χ0v) is 10.8. The number of nitrogens with one attached hydrogen (secondary N) is 1. The van der Waals surface area contributed by atoms with Crippen molar-refractivity contribution in [1.29, 1.82) is 0 Å². The molecule has 1 aromatic carbocycles. The third-order valence-corrected chi connectivity index (χ3v) is 2.54. The number of hydrogen-bond donors (Lipinski definition) is 1. The minimum atomic E-state index is 0.331. The Kier molecular flexibility index (Phi) is 4.50. The predicted molar refractivity (Wildman–Crippen MR) is 70.9 cm³/mol. The Morgan fingerprint density at radius 2 is 1.83 bits per heavy atom. The molecule has 0 radical (unpaired) electrons. The fourth-order valence-corrected chi connectivity index (χ4v) is 1.49. The van der Waals surface area contributed by atoms with E-state index in [1.807, 2.05) is 0 Å². The van der Waals surface area contributed by atoms with E-state index < -0.39 is 0 Å². The molecule has 0 atom stereocenters. The molecule has 1 heterocycles. The number of ether oxygens (including phenoxy) is 1. The van der Waals surface area contributed by atoms with Gasteiger partial charge >= 0.3 is 6.01 Å². The molecule has 0 saturated heterocycles. The molecule has 2 aromatic rings. The molecule has 0 aliphatic rings. The van der Waals surface area contributed by atoms with Gasteiger partial charge in [-0.2, -0.15) is 0 Å². The second-order valence-corrected chi connectivity index (χ2v) is 4.15. The maximum atomic E-state index is 5.79. The van der Waals surface area contributed by atoms with Gasteiger partial charge in [0.1, 0.15) is 5.75 Å². The van der Waals surface area contributed by atoms with Crippen LogP contribution in [0.25, 0.3) is 0 Å². The molecular formula is C13H14ClN3O. The van der Waals surface area contributed by atoms with Gasteiger partial charge in [0.05, 0.1) is 0 Å². The Bertz CT molecular complexity index is 485. The lowest BCUT2D eigenvalue weighted by atomic mass is 10.3. The second-order valence-electron chi connectivity index (χ2n) is 3.71. The summed E-state index contributed by atoms with van der Waals surface area (Å²) in [6.07, 6.45) is 3.50. The van der Waals surface area contributed by atoms with Gasteiger partial charge in [-0.1, -0.05) is 18.5 Å². The Morgan fingerprint density at radius 3 is 2.44 bits per heavy atom. The van der Waals surface area contributed by atoms with Gasteiger partial charge in [-0.15, -0.1) is 0 Å². The minimum absolute atomic E-state index is 0.331. The number of benzene rings is 1. The van der Waals surface area contributed by atoms with E-state index in [1.165, 1.54) is 0 Å². The molecule has 0 saturated carbocycles. The summed E-state index contributed by atoms with van der Waals surface area (Å²) in [5.41, 5.74) is 1.03. The van der Waals surface area contributed by atoms with Crippen molar-refractivity contribution in [1.82, 2.24) is 15.3 Å². The lowest BCUT2D eigenvalue weighted by Gasteiger charge is -2.05. The Hall–Kier alpha value is -1.65. The van der Waals surface area contributed by atoms with E-state index in [0.29, 0.717) is 16.8 Å². The molecule has 0 spiro atoms. The summed E-state index contributed by atoms with van der Waals surface area (Å²) in [6.45, 7) is 3.74. The van der Waals surface area contributed by atoms with Crippen molar-refractivity contribution in [3.63, 3.8) is 0 Å². The van der Waals surface area contributed by atoms with Crippen LogP contribution in [0.15, 0.2) is 36.7 Å². The van der Waals surface area contributed by atoms with Gasteiger partial charge in [0.25, 0.3) is 0 Å². The quantitative estimate of drug-likeness (QED) is 0.901. The summed E-state index contributed by atoms with van der Waals surface area (Å²) < 4.78 is 5.49. The molecule has 5 heteroatoms. The topological polar surface area (TPSA) is 47.0 Å². The third kappa shape index (κ3) is 3.68. The van der Waals surface area contributed by atoms with Crippen molar-refractivity contribution >= 4 is 11.6 Å². The highest BCUT2D eigenvalue weighted by atomic mass is 35.5. The van der Waals surface area contributed by atoms with Crippen LogP contribution in [0.5, 0.6) is 11.8 Å².